The van der Waals surface area contributed by atoms with E-state index < -0.39 is 11.9 Å². The number of thioether (sulfide) groups is 1. The summed E-state index contributed by atoms with van der Waals surface area (Å²) in [4.78, 5) is 47.8. The maximum absolute atomic E-state index is 13.3. The number of thiophene rings is 1. The molecule has 3 amide bonds. The van der Waals surface area contributed by atoms with Crippen molar-refractivity contribution in [2.75, 3.05) is 5.75 Å². The van der Waals surface area contributed by atoms with Gasteiger partial charge in [-0.3, -0.25) is 24.5 Å². The molecule has 0 fully saturated rings. The summed E-state index contributed by atoms with van der Waals surface area (Å²) in [5, 5.41) is 5.89. The van der Waals surface area contributed by atoms with Crippen LogP contribution in [0.25, 0.3) is 10.2 Å². The zero-order chi connectivity index (χ0) is 21.8. The number of carbonyl (C=O) groups is 2. The molecule has 3 rings (SSSR count). The highest BCUT2D eigenvalue weighted by atomic mass is 32.2. The highest BCUT2D eigenvalue weighted by Crippen LogP contribution is 2.28. The number of nitrogens with one attached hydrogen (secondary N) is 2. The number of aryl methyl sites for hydroxylation is 2. The number of hydrogen-bond acceptors (Lipinski definition) is 7. The van der Waals surface area contributed by atoms with Crippen molar-refractivity contribution >= 4 is 45.3 Å². The van der Waals surface area contributed by atoms with E-state index in [1.807, 2.05) is 32.0 Å². The fraction of sp³-hybridized carbons (Fsp3) is 0.350. The molecule has 0 saturated heterocycles. The number of rotatable bonds is 6. The van der Waals surface area contributed by atoms with Gasteiger partial charge in [0.05, 0.1) is 23.4 Å². The number of hydrogen-bond donors (Lipinski definition) is 2. The van der Waals surface area contributed by atoms with Gasteiger partial charge in [0.2, 0.25) is 5.91 Å². The summed E-state index contributed by atoms with van der Waals surface area (Å²) in [7, 11) is 0. The molecule has 2 N–H and O–H groups in total. The van der Waals surface area contributed by atoms with Crippen LogP contribution in [0.2, 0.25) is 0 Å². The normalized spacial score (nSPS) is 11.1. The number of carbonyl (C=O) groups excluding carboxylic acids is 2. The zero-order valence-electron chi connectivity index (χ0n) is 17.2. The summed E-state index contributed by atoms with van der Waals surface area (Å²) in [6.07, 6.45) is 1.67. The van der Waals surface area contributed by atoms with Crippen LogP contribution in [0.1, 0.15) is 30.0 Å². The van der Waals surface area contributed by atoms with Crippen molar-refractivity contribution in [3.05, 3.63) is 50.9 Å². The van der Waals surface area contributed by atoms with E-state index >= 15 is 0 Å². The molecule has 8 nitrogen and oxygen atoms in total. The Labute approximate surface area is 182 Å². The van der Waals surface area contributed by atoms with Gasteiger partial charge in [0, 0.05) is 17.1 Å². The zero-order valence-corrected chi connectivity index (χ0v) is 18.8. The van der Waals surface area contributed by atoms with Gasteiger partial charge in [-0.05, 0) is 45.4 Å². The average molecular weight is 446 g/mol. The number of nitrogens with zero attached hydrogens (tertiary/aromatic N) is 3. The Hall–Kier alpha value is -2.72. The molecular formula is C20H23N5O3S2. The highest BCUT2D eigenvalue weighted by Gasteiger charge is 2.18. The molecule has 10 heteroatoms. The SMILES string of the molecule is Cc1sc2nc(SCC(=O)NC(=O)NC(C)C)n(Cc3ccccn3)c(=O)c2c1C. The number of imide groups is 1. The molecular weight excluding hydrogens is 422 g/mol. The van der Waals surface area contributed by atoms with Gasteiger partial charge in [-0.2, -0.15) is 0 Å². The minimum atomic E-state index is -0.547. The van der Waals surface area contributed by atoms with Crippen LogP contribution in [0.3, 0.4) is 0 Å². The molecule has 0 saturated carbocycles. The first kappa shape index (κ1) is 22.0. The predicted molar refractivity (Wildman–Crippen MR) is 119 cm³/mol. The Kier molecular flexibility index (Phi) is 6.88. The number of pyridine rings is 1. The maximum Gasteiger partial charge on any atom is 0.321 e. The van der Waals surface area contributed by atoms with Crippen LogP contribution in [0.15, 0.2) is 34.3 Å². The van der Waals surface area contributed by atoms with Crippen LogP contribution in [-0.4, -0.2) is 38.3 Å². The standard InChI is InChI=1S/C20H23N5O3S2/c1-11(2)22-19(28)23-15(26)10-29-20-24-17-16(12(3)13(4)30-17)18(27)25(20)9-14-7-5-6-8-21-14/h5-8,11H,9-10H2,1-4H3,(H2,22,23,26,28). The second kappa shape index (κ2) is 9.40. The first-order chi connectivity index (χ1) is 14.3. The van der Waals surface area contributed by atoms with E-state index in [0.717, 1.165) is 22.2 Å². The summed E-state index contributed by atoms with van der Waals surface area (Å²) in [6.45, 7) is 7.72. The maximum atomic E-state index is 13.3. The van der Waals surface area contributed by atoms with E-state index in [1.165, 1.54) is 15.9 Å². The predicted octanol–water partition coefficient (Wildman–Crippen LogP) is 2.84. The molecule has 0 spiro atoms. The van der Waals surface area contributed by atoms with Gasteiger partial charge < -0.3 is 5.32 Å². The van der Waals surface area contributed by atoms with Crippen LogP contribution in [0, 0.1) is 13.8 Å². The van der Waals surface area contributed by atoms with Crippen LogP contribution in [-0.2, 0) is 11.3 Å². The number of fused-ring (bicyclic) bond motifs is 1. The lowest BCUT2D eigenvalue weighted by Gasteiger charge is -2.12. The van der Waals surface area contributed by atoms with Gasteiger partial charge in [0.1, 0.15) is 4.83 Å². The molecule has 0 aliphatic heterocycles. The van der Waals surface area contributed by atoms with Crippen LogP contribution in [0.4, 0.5) is 4.79 Å². The minimum absolute atomic E-state index is 0.0466. The average Bonchev–Trinajstić information content (AvgIpc) is 2.96. The largest absolute Gasteiger partial charge is 0.336 e. The fourth-order valence-corrected chi connectivity index (χ4v) is 4.67. The lowest BCUT2D eigenvalue weighted by Crippen LogP contribution is -2.43. The Bertz CT molecular complexity index is 1140. The third-order valence-electron chi connectivity index (χ3n) is 4.31. The van der Waals surface area contributed by atoms with Gasteiger partial charge in [0.15, 0.2) is 5.16 Å². The molecule has 30 heavy (non-hydrogen) atoms. The molecule has 158 valence electrons. The lowest BCUT2D eigenvalue weighted by atomic mass is 10.2. The van der Waals surface area contributed by atoms with Crippen molar-refractivity contribution < 1.29 is 9.59 Å². The first-order valence-corrected chi connectivity index (χ1v) is 11.2. The molecule has 0 bridgehead atoms. The molecule has 0 aliphatic carbocycles. The van der Waals surface area contributed by atoms with Gasteiger partial charge in [-0.15, -0.1) is 11.3 Å². The van der Waals surface area contributed by atoms with E-state index in [4.69, 9.17) is 0 Å². The van der Waals surface area contributed by atoms with Crippen molar-refractivity contribution in [2.24, 2.45) is 0 Å². The van der Waals surface area contributed by atoms with Crippen LogP contribution < -0.4 is 16.2 Å². The second-order valence-corrected chi connectivity index (χ2v) is 9.18. The second-order valence-electron chi connectivity index (χ2n) is 7.04. The van der Waals surface area contributed by atoms with Gasteiger partial charge in [0.25, 0.3) is 5.56 Å². The fourth-order valence-electron chi connectivity index (χ4n) is 2.80. The van der Waals surface area contributed by atoms with Crippen LogP contribution in [0.5, 0.6) is 0 Å². The third-order valence-corrected chi connectivity index (χ3v) is 6.38. The van der Waals surface area contributed by atoms with Crippen molar-refractivity contribution in [2.45, 2.75) is 45.4 Å². The quantitative estimate of drug-likeness (QED) is 0.446. The Balaban J connectivity index is 1.90. The summed E-state index contributed by atoms with van der Waals surface area (Å²) in [6, 6.07) is 4.87. The lowest BCUT2D eigenvalue weighted by molar-refractivity contribution is -0.117. The summed E-state index contributed by atoms with van der Waals surface area (Å²) in [5.74, 6) is -0.509. The van der Waals surface area contributed by atoms with E-state index in [2.05, 4.69) is 20.6 Å². The van der Waals surface area contributed by atoms with Crippen molar-refractivity contribution in [3.8, 4) is 0 Å². The molecule has 0 aromatic carbocycles. The minimum Gasteiger partial charge on any atom is -0.336 e. The number of aromatic nitrogens is 3. The van der Waals surface area contributed by atoms with Crippen LogP contribution >= 0.6 is 23.1 Å². The Morgan fingerprint density at radius 3 is 2.70 bits per heavy atom. The topological polar surface area (TPSA) is 106 Å². The summed E-state index contributed by atoms with van der Waals surface area (Å²) < 4.78 is 1.54. The van der Waals surface area contributed by atoms with Crippen molar-refractivity contribution in [3.63, 3.8) is 0 Å². The number of amides is 3. The monoisotopic (exact) mass is 445 g/mol. The van der Waals surface area contributed by atoms with E-state index in [1.54, 1.807) is 20.0 Å². The smallest absolute Gasteiger partial charge is 0.321 e. The first-order valence-electron chi connectivity index (χ1n) is 9.40. The van der Waals surface area contributed by atoms with Gasteiger partial charge >= 0.3 is 6.03 Å². The number of urea groups is 1. The third kappa shape index (κ3) is 5.06. The van der Waals surface area contributed by atoms with Crippen molar-refractivity contribution in [1.82, 2.24) is 25.2 Å². The van der Waals surface area contributed by atoms with Crippen molar-refractivity contribution in [1.29, 1.82) is 0 Å². The molecule has 0 aliphatic rings. The van der Waals surface area contributed by atoms with E-state index in [9.17, 15) is 14.4 Å². The summed E-state index contributed by atoms with van der Waals surface area (Å²) in [5.41, 5.74) is 1.47. The molecule has 0 radical (unpaired) electrons. The molecule has 3 heterocycles. The van der Waals surface area contributed by atoms with E-state index in [-0.39, 0.29) is 23.9 Å². The van der Waals surface area contributed by atoms with E-state index in [0.29, 0.717) is 21.1 Å². The Morgan fingerprint density at radius 2 is 2.03 bits per heavy atom. The Morgan fingerprint density at radius 1 is 1.27 bits per heavy atom. The molecule has 3 aromatic rings. The highest BCUT2D eigenvalue weighted by molar-refractivity contribution is 7.99. The summed E-state index contributed by atoms with van der Waals surface area (Å²) >= 11 is 2.57. The molecule has 3 aromatic heterocycles. The van der Waals surface area contributed by atoms with Gasteiger partial charge in [-0.1, -0.05) is 17.8 Å². The molecule has 0 unspecified atom stereocenters. The molecule has 0 atom stereocenters. The van der Waals surface area contributed by atoms with Gasteiger partial charge in [-0.25, -0.2) is 9.78 Å².